The Morgan fingerprint density at radius 3 is 2.68 bits per heavy atom. The molecule has 0 radical (unpaired) electrons. The molecular weight excluding hydrogens is 412 g/mol. The van der Waals surface area contributed by atoms with Crippen LogP contribution in [0.4, 0.5) is 23.4 Å². The summed E-state index contributed by atoms with van der Waals surface area (Å²) in [6.45, 7) is 4.57. The second-order valence-corrected chi connectivity index (χ2v) is 8.76. The van der Waals surface area contributed by atoms with Crippen LogP contribution in [0.2, 0.25) is 0 Å². The van der Waals surface area contributed by atoms with E-state index in [0.29, 0.717) is 37.4 Å². The summed E-state index contributed by atoms with van der Waals surface area (Å²) in [5.41, 5.74) is 0.540. The van der Waals surface area contributed by atoms with E-state index in [1.54, 1.807) is 17.0 Å². The molecule has 2 aromatic rings. The Morgan fingerprint density at radius 2 is 2.00 bits per heavy atom. The summed E-state index contributed by atoms with van der Waals surface area (Å²) in [6, 6.07) is 5.52. The molecule has 1 fully saturated rings. The first-order valence-corrected chi connectivity index (χ1v) is 10.6. The normalized spacial score (nSPS) is 24.1. The summed E-state index contributed by atoms with van der Waals surface area (Å²) < 4.78 is 56.3. The molecule has 9 heteroatoms. The van der Waals surface area contributed by atoms with Gasteiger partial charge in [0.2, 0.25) is 0 Å². The van der Waals surface area contributed by atoms with E-state index >= 15 is 0 Å². The number of piperidine rings is 1. The first-order valence-electron chi connectivity index (χ1n) is 10.6. The van der Waals surface area contributed by atoms with Crippen molar-refractivity contribution in [3.63, 3.8) is 0 Å². The highest BCUT2D eigenvalue weighted by Gasteiger charge is 2.47. The monoisotopic (exact) mass is 438 g/mol. The average molecular weight is 438 g/mol. The number of hydrogen-bond acceptors (Lipinski definition) is 3. The molecule has 3 heterocycles. The largest absolute Gasteiger partial charge is 0.410 e. The third kappa shape index (κ3) is 4.27. The second-order valence-electron chi connectivity index (χ2n) is 8.76. The molecule has 1 saturated heterocycles. The van der Waals surface area contributed by atoms with E-state index in [1.807, 2.05) is 13.8 Å². The molecule has 1 aromatic carbocycles. The van der Waals surface area contributed by atoms with E-state index in [1.165, 1.54) is 18.2 Å². The summed E-state index contributed by atoms with van der Waals surface area (Å²) in [7, 11) is 0. The maximum atomic E-state index is 14.0. The van der Waals surface area contributed by atoms with Crippen molar-refractivity contribution in [3.8, 4) is 0 Å². The van der Waals surface area contributed by atoms with Crippen molar-refractivity contribution in [1.29, 1.82) is 0 Å². The molecule has 1 aromatic heterocycles. The molecule has 3 atom stereocenters. The van der Waals surface area contributed by atoms with Crippen LogP contribution < -0.4 is 5.32 Å². The number of anilines is 1. The smallest absolute Gasteiger partial charge is 0.367 e. The zero-order valence-electron chi connectivity index (χ0n) is 17.5. The van der Waals surface area contributed by atoms with Gasteiger partial charge in [0.25, 0.3) is 5.91 Å². The van der Waals surface area contributed by atoms with Gasteiger partial charge in [-0.3, -0.25) is 4.79 Å². The topological polar surface area (TPSA) is 50.2 Å². The highest BCUT2D eigenvalue weighted by atomic mass is 19.4. The number of carbonyl (C=O) groups is 1. The quantitative estimate of drug-likeness (QED) is 0.688. The second kappa shape index (κ2) is 8.16. The number of aromatic nitrogens is 2. The molecule has 0 bridgehead atoms. The minimum absolute atomic E-state index is 0.00543. The summed E-state index contributed by atoms with van der Waals surface area (Å²) in [6.07, 6.45) is -3.08. The number of carbonyl (C=O) groups excluding carboxylic acids is 1. The fourth-order valence-corrected chi connectivity index (χ4v) is 4.47. The van der Waals surface area contributed by atoms with Crippen molar-refractivity contribution in [2.24, 2.45) is 5.92 Å². The highest BCUT2D eigenvalue weighted by Crippen LogP contribution is 2.42. The summed E-state index contributed by atoms with van der Waals surface area (Å²) in [4.78, 5) is 14.4. The number of halogens is 4. The third-order valence-electron chi connectivity index (χ3n) is 6.27. The predicted molar refractivity (Wildman–Crippen MR) is 108 cm³/mol. The molecule has 2 aliphatic rings. The van der Waals surface area contributed by atoms with Gasteiger partial charge in [0.05, 0.1) is 11.3 Å². The average Bonchev–Trinajstić information content (AvgIpc) is 3.16. The van der Waals surface area contributed by atoms with E-state index in [0.717, 1.165) is 4.68 Å². The molecule has 0 spiro atoms. The molecule has 31 heavy (non-hydrogen) atoms. The van der Waals surface area contributed by atoms with Crippen molar-refractivity contribution in [3.05, 3.63) is 47.4 Å². The van der Waals surface area contributed by atoms with Crippen LogP contribution in [0.5, 0.6) is 0 Å². The Kier molecular flexibility index (Phi) is 5.70. The van der Waals surface area contributed by atoms with Gasteiger partial charge in [-0.1, -0.05) is 26.0 Å². The fraction of sp³-hybridized carbons (Fsp3) is 0.545. The van der Waals surface area contributed by atoms with E-state index in [2.05, 4.69) is 10.4 Å². The summed E-state index contributed by atoms with van der Waals surface area (Å²) in [5, 5.41) is 7.52. The lowest BCUT2D eigenvalue weighted by Crippen LogP contribution is -2.41. The van der Waals surface area contributed by atoms with Crippen LogP contribution in [0, 0.1) is 11.7 Å². The Labute approximate surface area is 178 Å². The van der Waals surface area contributed by atoms with Crippen LogP contribution in [-0.2, 0) is 0 Å². The zero-order chi connectivity index (χ0) is 22.3. The Balaban J connectivity index is 1.58. The Morgan fingerprint density at radius 1 is 1.26 bits per heavy atom. The highest BCUT2D eigenvalue weighted by molar-refractivity contribution is 5.94. The number of alkyl halides is 3. The number of rotatable bonds is 3. The molecule has 5 nitrogen and oxygen atoms in total. The van der Waals surface area contributed by atoms with Crippen molar-refractivity contribution in [1.82, 2.24) is 14.7 Å². The van der Waals surface area contributed by atoms with Crippen LogP contribution in [0.3, 0.4) is 0 Å². The number of likely N-dealkylation sites (tertiary alicyclic amines) is 1. The lowest BCUT2D eigenvalue weighted by molar-refractivity contribution is -0.174. The summed E-state index contributed by atoms with van der Waals surface area (Å²) >= 11 is 0. The van der Waals surface area contributed by atoms with Gasteiger partial charge < -0.3 is 10.2 Å². The molecule has 0 unspecified atom stereocenters. The number of fused-ring (bicyclic) bond motifs is 1. The maximum absolute atomic E-state index is 14.0. The van der Waals surface area contributed by atoms with Gasteiger partial charge in [-0.25, -0.2) is 9.07 Å². The van der Waals surface area contributed by atoms with Crippen LogP contribution in [0.1, 0.15) is 61.1 Å². The van der Waals surface area contributed by atoms with Crippen LogP contribution >= 0.6 is 0 Å². The number of benzene rings is 1. The Hall–Kier alpha value is -2.58. The molecule has 2 aliphatic heterocycles. The number of amides is 1. The van der Waals surface area contributed by atoms with Gasteiger partial charge in [-0.15, -0.1) is 0 Å². The molecular formula is C22H26F4N4O. The van der Waals surface area contributed by atoms with E-state index in [9.17, 15) is 22.4 Å². The van der Waals surface area contributed by atoms with Gasteiger partial charge in [0.1, 0.15) is 11.6 Å². The molecule has 0 aliphatic carbocycles. The van der Waals surface area contributed by atoms with Gasteiger partial charge in [0, 0.05) is 31.1 Å². The SMILES string of the molecule is CC(C)[C@H]1C[C@@H](C(F)(F)F)n2nc([C@@H]3CCCN(C(=O)c4ccccc4F)C3)cc2N1. The van der Waals surface area contributed by atoms with Crippen molar-refractivity contribution >= 4 is 11.7 Å². The Bertz CT molecular complexity index is 955. The number of nitrogens with one attached hydrogen (secondary N) is 1. The third-order valence-corrected chi connectivity index (χ3v) is 6.27. The standard InChI is InChI=1S/C22H26F4N4O/c1-13(2)17-10-19(22(24,25)26)30-20(27-17)11-18(28-30)14-6-5-9-29(12-14)21(31)15-7-3-4-8-16(15)23/h3-4,7-8,11,13-14,17,19,27H,5-6,9-10,12H2,1-2H3/t14-,17-,19+/m1/s1. The van der Waals surface area contributed by atoms with Gasteiger partial charge in [-0.2, -0.15) is 18.3 Å². The van der Waals surface area contributed by atoms with Crippen LogP contribution in [0.25, 0.3) is 0 Å². The molecule has 1 amide bonds. The van der Waals surface area contributed by atoms with Gasteiger partial charge in [0.15, 0.2) is 6.04 Å². The van der Waals surface area contributed by atoms with Crippen molar-refractivity contribution < 1.29 is 22.4 Å². The lowest BCUT2D eigenvalue weighted by atomic mass is 9.93. The minimum atomic E-state index is -4.40. The first-order chi connectivity index (χ1) is 14.6. The zero-order valence-corrected chi connectivity index (χ0v) is 17.5. The summed E-state index contributed by atoms with van der Waals surface area (Å²) in [5.74, 6) is -0.780. The van der Waals surface area contributed by atoms with E-state index < -0.39 is 23.9 Å². The van der Waals surface area contributed by atoms with Crippen LogP contribution in [0.15, 0.2) is 30.3 Å². The lowest BCUT2D eigenvalue weighted by Gasteiger charge is -2.35. The maximum Gasteiger partial charge on any atom is 0.410 e. The molecule has 0 saturated carbocycles. The molecule has 1 N–H and O–H groups in total. The first kappa shape index (κ1) is 21.6. The van der Waals surface area contributed by atoms with E-state index in [-0.39, 0.29) is 29.9 Å². The van der Waals surface area contributed by atoms with E-state index in [4.69, 9.17) is 0 Å². The number of nitrogens with zero attached hydrogens (tertiary/aromatic N) is 3. The van der Waals surface area contributed by atoms with Crippen molar-refractivity contribution in [2.45, 2.75) is 57.3 Å². The number of hydrogen-bond donors (Lipinski definition) is 1. The predicted octanol–water partition coefficient (Wildman–Crippen LogP) is 4.99. The molecule has 4 rings (SSSR count). The fourth-order valence-electron chi connectivity index (χ4n) is 4.47. The van der Waals surface area contributed by atoms with Gasteiger partial charge in [-0.05, 0) is 37.3 Å². The minimum Gasteiger partial charge on any atom is -0.367 e. The molecule has 168 valence electrons. The van der Waals surface area contributed by atoms with Crippen LogP contribution in [-0.4, -0.2) is 45.9 Å². The van der Waals surface area contributed by atoms with Gasteiger partial charge >= 0.3 is 6.18 Å². The van der Waals surface area contributed by atoms with Crippen molar-refractivity contribution in [2.75, 3.05) is 18.4 Å².